The molecule has 0 bridgehead atoms. The summed E-state index contributed by atoms with van der Waals surface area (Å²) in [5, 5.41) is 6.91. The lowest BCUT2D eigenvalue weighted by molar-refractivity contribution is -0.122. The summed E-state index contributed by atoms with van der Waals surface area (Å²) < 4.78 is 0. The second-order valence-corrected chi connectivity index (χ2v) is 5.75. The summed E-state index contributed by atoms with van der Waals surface area (Å²) in [4.78, 5) is 12.1. The van der Waals surface area contributed by atoms with Crippen molar-refractivity contribution < 1.29 is 4.79 Å². The molecule has 1 fully saturated rings. The van der Waals surface area contributed by atoms with Gasteiger partial charge >= 0.3 is 0 Å². The molecule has 1 atom stereocenters. The largest absolute Gasteiger partial charge is 0.373 e. The Bertz CT molecular complexity index is 455. The summed E-state index contributed by atoms with van der Waals surface area (Å²) in [6, 6.07) is 5.87. The molecule has 4 heteroatoms. The molecule has 0 saturated heterocycles. The zero-order chi connectivity index (χ0) is 13.8. The van der Waals surface area contributed by atoms with Crippen LogP contribution in [0, 0.1) is 6.92 Å². The summed E-state index contributed by atoms with van der Waals surface area (Å²) in [5.74, 6) is 0.0449. The lowest BCUT2D eigenvalue weighted by Gasteiger charge is -2.19. The van der Waals surface area contributed by atoms with Gasteiger partial charge in [-0.05, 0) is 44.4 Å². The van der Waals surface area contributed by atoms with Crippen LogP contribution in [-0.2, 0) is 4.79 Å². The Morgan fingerprint density at radius 3 is 2.68 bits per heavy atom. The Hall–Kier alpha value is -1.22. The van der Waals surface area contributed by atoms with Crippen LogP contribution >= 0.6 is 11.6 Å². The normalized spacial score (nSPS) is 17.2. The summed E-state index contributed by atoms with van der Waals surface area (Å²) in [6.45, 7) is 3.85. The maximum absolute atomic E-state index is 12.1. The number of carbonyl (C=O) groups is 1. The average Bonchev–Trinajstić information content (AvgIpc) is 2.85. The van der Waals surface area contributed by atoms with E-state index in [-0.39, 0.29) is 11.9 Å². The Morgan fingerprint density at radius 1 is 1.37 bits per heavy atom. The van der Waals surface area contributed by atoms with E-state index in [9.17, 15) is 4.79 Å². The molecule has 0 spiro atoms. The highest BCUT2D eigenvalue weighted by molar-refractivity contribution is 6.33. The lowest BCUT2D eigenvalue weighted by Crippen LogP contribution is -2.42. The van der Waals surface area contributed by atoms with Crippen molar-refractivity contribution in [1.29, 1.82) is 0 Å². The molecule has 1 unspecified atom stereocenters. The fraction of sp³-hybridized carbons (Fsp3) is 0.533. The highest BCUT2D eigenvalue weighted by atomic mass is 35.5. The first-order chi connectivity index (χ1) is 9.06. The van der Waals surface area contributed by atoms with Crippen LogP contribution in [0.25, 0.3) is 0 Å². The number of hydrogen-bond acceptors (Lipinski definition) is 2. The lowest BCUT2D eigenvalue weighted by atomic mass is 10.2. The van der Waals surface area contributed by atoms with Gasteiger partial charge in [-0.25, -0.2) is 0 Å². The van der Waals surface area contributed by atoms with Gasteiger partial charge in [-0.15, -0.1) is 0 Å². The second kappa shape index (κ2) is 6.29. The topological polar surface area (TPSA) is 41.1 Å². The van der Waals surface area contributed by atoms with Gasteiger partial charge in [0.1, 0.15) is 6.04 Å². The van der Waals surface area contributed by atoms with Gasteiger partial charge in [0.05, 0.1) is 10.7 Å². The summed E-state index contributed by atoms with van der Waals surface area (Å²) in [6.07, 6.45) is 4.64. The second-order valence-electron chi connectivity index (χ2n) is 5.34. The number of rotatable bonds is 4. The van der Waals surface area contributed by atoms with Gasteiger partial charge in [-0.1, -0.05) is 30.5 Å². The number of hydrogen-bond donors (Lipinski definition) is 2. The van der Waals surface area contributed by atoms with Gasteiger partial charge < -0.3 is 10.6 Å². The van der Waals surface area contributed by atoms with Crippen molar-refractivity contribution >= 4 is 23.2 Å². The first-order valence-electron chi connectivity index (χ1n) is 6.89. The Kier molecular flexibility index (Phi) is 4.70. The molecular weight excluding hydrogens is 260 g/mol. The van der Waals surface area contributed by atoms with E-state index >= 15 is 0 Å². The number of benzene rings is 1. The van der Waals surface area contributed by atoms with Crippen LogP contribution in [0.3, 0.4) is 0 Å². The van der Waals surface area contributed by atoms with Crippen LogP contribution in [0.2, 0.25) is 5.02 Å². The van der Waals surface area contributed by atoms with Crippen molar-refractivity contribution in [1.82, 2.24) is 5.32 Å². The average molecular weight is 281 g/mol. The molecule has 3 nitrogen and oxygen atoms in total. The van der Waals surface area contributed by atoms with E-state index in [4.69, 9.17) is 11.6 Å². The minimum Gasteiger partial charge on any atom is -0.373 e. The number of aryl methyl sites for hydroxylation is 1. The molecule has 0 heterocycles. The van der Waals surface area contributed by atoms with Crippen molar-refractivity contribution in [3.63, 3.8) is 0 Å². The summed E-state index contributed by atoms with van der Waals surface area (Å²) >= 11 is 6.15. The fourth-order valence-electron chi connectivity index (χ4n) is 2.43. The van der Waals surface area contributed by atoms with E-state index in [1.54, 1.807) is 0 Å². The van der Waals surface area contributed by atoms with Crippen molar-refractivity contribution in [3.8, 4) is 0 Å². The highest BCUT2D eigenvalue weighted by Gasteiger charge is 2.20. The number of amides is 1. The number of halogens is 1. The van der Waals surface area contributed by atoms with Crippen molar-refractivity contribution in [2.24, 2.45) is 0 Å². The van der Waals surface area contributed by atoms with Crippen molar-refractivity contribution in [2.45, 2.75) is 51.6 Å². The van der Waals surface area contributed by atoms with E-state index in [0.29, 0.717) is 11.1 Å². The molecule has 0 aromatic heterocycles. The Morgan fingerprint density at radius 2 is 2.05 bits per heavy atom. The smallest absolute Gasteiger partial charge is 0.242 e. The van der Waals surface area contributed by atoms with Crippen LogP contribution < -0.4 is 10.6 Å². The standard InChI is InChI=1S/C15H21ClN2O/c1-10-7-8-14(13(16)9-10)17-11(2)15(19)18-12-5-3-4-6-12/h7-9,11-12,17H,3-6H2,1-2H3,(H,18,19). The van der Waals surface area contributed by atoms with Gasteiger partial charge in [-0.2, -0.15) is 0 Å². The zero-order valence-electron chi connectivity index (χ0n) is 11.5. The molecule has 0 aliphatic heterocycles. The van der Waals surface area contributed by atoms with Crippen molar-refractivity contribution in [2.75, 3.05) is 5.32 Å². The first kappa shape index (κ1) is 14.2. The van der Waals surface area contributed by atoms with Gasteiger partial charge in [0.25, 0.3) is 0 Å². The number of carbonyl (C=O) groups excluding carboxylic acids is 1. The third-order valence-electron chi connectivity index (χ3n) is 3.59. The molecule has 1 aliphatic rings. The fourth-order valence-corrected chi connectivity index (χ4v) is 2.72. The Balaban J connectivity index is 1.92. The molecule has 1 aromatic carbocycles. The van der Waals surface area contributed by atoms with Crippen LogP contribution in [0.5, 0.6) is 0 Å². The van der Waals surface area contributed by atoms with Gasteiger partial charge in [-0.3, -0.25) is 4.79 Å². The maximum atomic E-state index is 12.1. The minimum atomic E-state index is -0.277. The van der Waals surface area contributed by atoms with Crippen LogP contribution in [0.15, 0.2) is 18.2 Å². The predicted molar refractivity (Wildman–Crippen MR) is 79.7 cm³/mol. The highest BCUT2D eigenvalue weighted by Crippen LogP contribution is 2.23. The molecule has 1 aromatic rings. The van der Waals surface area contributed by atoms with E-state index in [0.717, 1.165) is 24.1 Å². The van der Waals surface area contributed by atoms with Crippen LogP contribution in [0.1, 0.15) is 38.2 Å². The first-order valence-corrected chi connectivity index (χ1v) is 7.27. The minimum absolute atomic E-state index is 0.0449. The van der Waals surface area contributed by atoms with E-state index in [2.05, 4.69) is 10.6 Å². The Labute approximate surface area is 119 Å². The van der Waals surface area contributed by atoms with Crippen LogP contribution in [0.4, 0.5) is 5.69 Å². The molecule has 1 aliphatic carbocycles. The van der Waals surface area contributed by atoms with Gasteiger partial charge in [0, 0.05) is 6.04 Å². The van der Waals surface area contributed by atoms with Gasteiger partial charge in [0.2, 0.25) is 5.91 Å². The van der Waals surface area contributed by atoms with Crippen LogP contribution in [-0.4, -0.2) is 18.0 Å². The number of nitrogens with one attached hydrogen (secondary N) is 2. The molecule has 1 amide bonds. The molecule has 2 N–H and O–H groups in total. The van der Waals surface area contributed by atoms with E-state index in [1.165, 1.54) is 12.8 Å². The van der Waals surface area contributed by atoms with E-state index in [1.807, 2.05) is 32.0 Å². The zero-order valence-corrected chi connectivity index (χ0v) is 12.3. The van der Waals surface area contributed by atoms with E-state index < -0.39 is 0 Å². The predicted octanol–water partition coefficient (Wildman–Crippen LogP) is 3.51. The molecule has 19 heavy (non-hydrogen) atoms. The maximum Gasteiger partial charge on any atom is 0.242 e. The molecule has 1 saturated carbocycles. The number of anilines is 1. The summed E-state index contributed by atoms with van der Waals surface area (Å²) in [5.41, 5.74) is 1.92. The third-order valence-corrected chi connectivity index (χ3v) is 3.90. The molecule has 0 radical (unpaired) electrons. The van der Waals surface area contributed by atoms with Gasteiger partial charge in [0.15, 0.2) is 0 Å². The summed E-state index contributed by atoms with van der Waals surface area (Å²) in [7, 11) is 0. The molecule has 104 valence electrons. The van der Waals surface area contributed by atoms with Crippen molar-refractivity contribution in [3.05, 3.63) is 28.8 Å². The monoisotopic (exact) mass is 280 g/mol. The SMILES string of the molecule is Cc1ccc(NC(C)C(=O)NC2CCCC2)c(Cl)c1. The molecular formula is C15H21ClN2O. The third kappa shape index (κ3) is 3.87. The quantitative estimate of drug-likeness (QED) is 0.886. The molecule has 2 rings (SSSR count).